The first-order valence-electron chi connectivity index (χ1n) is 10.7. The normalized spacial score (nSPS) is 18.0. The van der Waals surface area contributed by atoms with Crippen molar-refractivity contribution < 1.29 is 27.8 Å². The third-order valence-electron chi connectivity index (χ3n) is 5.78. The van der Waals surface area contributed by atoms with Crippen LogP contribution in [0, 0.1) is 5.82 Å². The van der Waals surface area contributed by atoms with Crippen molar-refractivity contribution >= 4 is 44.5 Å². The molecule has 3 aromatic rings. The zero-order valence-electron chi connectivity index (χ0n) is 18.6. The van der Waals surface area contributed by atoms with Gasteiger partial charge in [0, 0.05) is 30.4 Å². The first-order chi connectivity index (χ1) is 17.1. The Morgan fingerprint density at radius 3 is 2.61 bits per heavy atom. The van der Waals surface area contributed by atoms with Gasteiger partial charge in [0.05, 0.1) is 28.5 Å². The summed E-state index contributed by atoms with van der Waals surface area (Å²) in [5.74, 6) is -1.77. The minimum atomic E-state index is -4.48. The highest BCUT2D eigenvalue weighted by molar-refractivity contribution is 7.93. The molecule has 4 N–H and O–H groups in total. The molecule has 4 rings (SSSR count). The molecule has 0 fully saturated rings. The molecule has 36 heavy (non-hydrogen) atoms. The van der Waals surface area contributed by atoms with E-state index in [0.717, 1.165) is 23.9 Å². The van der Waals surface area contributed by atoms with Crippen molar-refractivity contribution in [3.63, 3.8) is 0 Å². The number of allylic oxidation sites excluding steroid dienone is 1. The highest BCUT2D eigenvalue weighted by Gasteiger charge is 2.45. The molecule has 2 heterocycles. The van der Waals surface area contributed by atoms with E-state index in [1.54, 1.807) is 24.3 Å². The lowest BCUT2D eigenvalue weighted by atomic mass is 10.1. The number of carbonyl (C=O) groups is 1. The Bertz CT molecular complexity index is 1540. The summed E-state index contributed by atoms with van der Waals surface area (Å²) in [6.45, 7) is -0.614. The fraction of sp³-hybridized carbons (Fsp3) is 0.208. The van der Waals surface area contributed by atoms with E-state index in [9.17, 15) is 32.6 Å². The molecular weight excluding hydrogens is 513 g/mol. The minimum Gasteiger partial charge on any atom is -0.394 e. The molecule has 0 saturated heterocycles. The molecule has 9 nitrogen and oxygen atoms in total. The van der Waals surface area contributed by atoms with Crippen molar-refractivity contribution in [2.24, 2.45) is 4.99 Å². The molecule has 2 aromatic carbocycles. The number of H-pyrrole nitrogens is 1. The maximum Gasteiger partial charge on any atom is 0.257 e. The highest BCUT2D eigenvalue weighted by atomic mass is 35.5. The van der Waals surface area contributed by atoms with Gasteiger partial charge in [-0.15, -0.1) is 0 Å². The third kappa shape index (κ3) is 4.70. The minimum absolute atomic E-state index is 0.0936. The SMILES string of the molecule is O=C(NCc1ccc(Cl)cc1)c1c[nH]c2c(F)cc(S(=O)(=O)C3(CC(O)CO)C=CC=N3)cc2c1=O. The van der Waals surface area contributed by atoms with Crippen molar-refractivity contribution in [1.29, 1.82) is 0 Å². The van der Waals surface area contributed by atoms with Crippen molar-refractivity contribution in [2.45, 2.75) is 28.8 Å². The molecule has 2 unspecified atom stereocenters. The van der Waals surface area contributed by atoms with Crippen LogP contribution >= 0.6 is 11.6 Å². The maximum atomic E-state index is 14.9. The number of aliphatic hydroxyl groups excluding tert-OH is 2. The zero-order chi connectivity index (χ0) is 26.1. The van der Waals surface area contributed by atoms with Gasteiger partial charge in [-0.3, -0.25) is 14.6 Å². The van der Waals surface area contributed by atoms with E-state index in [-0.39, 0.29) is 23.0 Å². The fourth-order valence-electron chi connectivity index (χ4n) is 3.87. The Kier molecular flexibility index (Phi) is 7.10. The number of nitrogens with one attached hydrogen (secondary N) is 2. The monoisotopic (exact) mass is 533 g/mol. The van der Waals surface area contributed by atoms with Gasteiger partial charge in [-0.25, -0.2) is 12.8 Å². The summed E-state index contributed by atoms with van der Waals surface area (Å²) in [7, 11) is -4.48. The summed E-state index contributed by atoms with van der Waals surface area (Å²) in [5, 5.41) is 21.9. The van der Waals surface area contributed by atoms with Gasteiger partial charge in [-0.05, 0) is 42.0 Å². The van der Waals surface area contributed by atoms with Gasteiger partial charge in [-0.2, -0.15) is 0 Å². The standard InChI is InChI=1S/C24H21ClFN3O6S/c25-15-4-2-14(3-5-15)11-28-23(33)19-12-27-21-18(22(19)32)8-17(9-20(21)26)36(34,35)24(6-1-7-29-24)10-16(31)13-30/h1-9,12,16,30-31H,10-11,13H2,(H,27,32)(H,28,33). The molecule has 1 amide bonds. The van der Waals surface area contributed by atoms with E-state index in [1.165, 1.54) is 18.4 Å². The number of aliphatic imine (C=N–C) groups is 1. The van der Waals surface area contributed by atoms with Crippen molar-refractivity contribution in [3.8, 4) is 0 Å². The van der Waals surface area contributed by atoms with Gasteiger partial charge in [0.2, 0.25) is 15.3 Å². The fourth-order valence-corrected chi connectivity index (χ4v) is 5.80. The Morgan fingerprint density at radius 2 is 1.97 bits per heavy atom. The molecule has 1 aromatic heterocycles. The number of sulfone groups is 1. The number of halogens is 2. The molecular formula is C24H21ClFN3O6S. The Morgan fingerprint density at radius 1 is 1.25 bits per heavy atom. The number of rotatable bonds is 8. The largest absolute Gasteiger partial charge is 0.394 e. The lowest BCUT2D eigenvalue weighted by Crippen LogP contribution is -2.38. The number of amides is 1. The lowest BCUT2D eigenvalue weighted by Gasteiger charge is -2.26. The molecule has 1 aliphatic heterocycles. The third-order valence-corrected chi connectivity index (χ3v) is 8.22. The average Bonchev–Trinajstić information content (AvgIpc) is 3.34. The number of aromatic nitrogens is 1. The summed E-state index contributed by atoms with van der Waals surface area (Å²) in [6, 6.07) is 8.39. The molecule has 188 valence electrons. The smallest absolute Gasteiger partial charge is 0.257 e. The summed E-state index contributed by atoms with van der Waals surface area (Å²) < 4.78 is 41.9. The second-order valence-corrected chi connectivity index (χ2v) is 10.8. The van der Waals surface area contributed by atoms with E-state index in [0.29, 0.717) is 5.02 Å². The average molecular weight is 534 g/mol. The highest BCUT2D eigenvalue weighted by Crippen LogP contribution is 2.36. The summed E-state index contributed by atoms with van der Waals surface area (Å²) >= 11 is 5.85. The second kappa shape index (κ2) is 9.94. The second-order valence-electron chi connectivity index (χ2n) is 8.19. The zero-order valence-corrected chi connectivity index (χ0v) is 20.2. The molecule has 2 atom stereocenters. The van der Waals surface area contributed by atoms with Crippen LogP contribution in [0.25, 0.3) is 10.9 Å². The van der Waals surface area contributed by atoms with Crippen LogP contribution in [0.1, 0.15) is 22.3 Å². The van der Waals surface area contributed by atoms with Gasteiger partial charge in [-0.1, -0.05) is 23.7 Å². The van der Waals surface area contributed by atoms with E-state index < -0.39 is 55.9 Å². The van der Waals surface area contributed by atoms with Crippen LogP contribution in [0.3, 0.4) is 0 Å². The van der Waals surface area contributed by atoms with Crippen LogP contribution in [0.5, 0.6) is 0 Å². The van der Waals surface area contributed by atoms with Crippen molar-refractivity contribution in [1.82, 2.24) is 10.3 Å². The quantitative estimate of drug-likeness (QED) is 0.348. The lowest BCUT2D eigenvalue weighted by molar-refractivity contribution is 0.0828. The number of carbonyl (C=O) groups excluding carboxylic acids is 1. The van der Waals surface area contributed by atoms with Crippen LogP contribution in [-0.2, 0) is 16.4 Å². The van der Waals surface area contributed by atoms with Gasteiger partial charge < -0.3 is 20.5 Å². The number of hydrogen-bond donors (Lipinski definition) is 4. The van der Waals surface area contributed by atoms with Crippen LogP contribution in [-0.4, -0.2) is 53.3 Å². The van der Waals surface area contributed by atoms with Crippen LogP contribution in [0.4, 0.5) is 4.39 Å². The Labute approximate surface area is 209 Å². The molecule has 0 radical (unpaired) electrons. The van der Waals surface area contributed by atoms with Crippen LogP contribution < -0.4 is 10.7 Å². The molecule has 12 heteroatoms. The Hall–Kier alpha value is -3.38. The van der Waals surface area contributed by atoms with E-state index in [4.69, 9.17) is 11.6 Å². The van der Waals surface area contributed by atoms with Crippen molar-refractivity contribution in [2.75, 3.05) is 6.61 Å². The molecule has 0 saturated carbocycles. The first-order valence-corrected chi connectivity index (χ1v) is 12.6. The molecule has 0 aliphatic carbocycles. The van der Waals surface area contributed by atoms with Gasteiger partial charge >= 0.3 is 0 Å². The number of fused-ring (bicyclic) bond motifs is 1. The number of nitrogens with zero attached hydrogens (tertiary/aromatic N) is 1. The Balaban J connectivity index is 1.73. The number of benzene rings is 2. The predicted molar refractivity (Wildman–Crippen MR) is 132 cm³/mol. The molecule has 0 bridgehead atoms. The van der Waals surface area contributed by atoms with Gasteiger partial charge in [0.1, 0.15) is 11.4 Å². The predicted octanol–water partition coefficient (Wildman–Crippen LogP) is 2.10. The van der Waals surface area contributed by atoms with Crippen molar-refractivity contribution in [3.05, 3.63) is 86.9 Å². The van der Waals surface area contributed by atoms with E-state index in [1.807, 2.05) is 0 Å². The number of hydrogen-bond acceptors (Lipinski definition) is 7. The summed E-state index contributed by atoms with van der Waals surface area (Å²) in [6.07, 6.45) is 2.95. The van der Waals surface area contributed by atoms with Crippen LogP contribution in [0.2, 0.25) is 5.02 Å². The number of aromatic amines is 1. The number of pyridine rings is 1. The van der Waals surface area contributed by atoms with E-state index >= 15 is 0 Å². The number of aliphatic hydroxyl groups is 2. The summed E-state index contributed by atoms with van der Waals surface area (Å²) in [4.78, 5) is 29.7. The van der Waals surface area contributed by atoms with E-state index in [2.05, 4.69) is 15.3 Å². The summed E-state index contributed by atoms with van der Waals surface area (Å²) in [5.41, 5.74) is -0.758. The topological polar surface area (TPSA) is 149 Å². The van der Waals surface area contributed by atoms with Gasteiger partial charge in [0.15, 0.2) is 4.87 Å². The maximum absolute atomic E-state index is 14.9. The van der Waals surface area contributed by atoms with Crippen LogP contribution in [0.15, 0.2) is 69.4 Å². The van der Waals surface area contributed by atoms with Gasteiger partial charge in [0.25, 0.3) is 5.91 Å². The first kappa shape index (κ1) is 25.7. The molecule has 1 aliphatic rings. The molecule has 0 spiro atoms.